The van der Waals surface area contributed by atoms with Gasteiger partial charge in [0.15, 0.2) is 0 Å². The van der Waals surface area contributed by atoms with Crippen molar-refractivity contribution in [2.24, 2.45) is 5.41 Å². The van der Waals surface area contributed by atoms with Gasteiger partial charge in [-0.3, -0.25) is 4.79 Å². The van der Waals surface area contributed by atoms with Crippen LogP contribution in [0, 0.1) is 5.41 Å². The van der Waals surface area contributed by atoms with E-state index in [1.165, 1.54) is 0 Å². The number of aliphatic hydroxyl groups is 1. The van der Waals surface area contributed by atoms with Crippen molar-refractivity contribution in [1.82, 2.24) is 4.90 Å². The predicted octanol–water partition coefficient (Wildman–Crippen LogP) is 1.41. The van der Waals surface area contributed by atoms with Gasteiger partial charge in [-0.2, -0.15) is 0 Å². The first-order valence-corrected chi connectivity index (χ1v) is 5.30. The van der Waals surface area contributed by atoms with E-state index in [2.05, 4.69) is 13.8 Å². The fraction of sp³-hybridized carbons (Fsp3) is 0.909. The molecule has 1 saturated heterocycles. The van der Waals surface area contributed by atoms with Gasteiger partial charge in [-0.05, 0) is 25.2 Å². The summed E-state index contributed by atoms with van der Waals surface area (Å²) >= 11 is 0. The molecule has 3 heteroatoms. The van der Waals surface area contributed by atoms with E-state index in [0.29, 0.717) is 6.42 Å². The second-order valence-corrected chi connectivity index (χ2v) is 5.27. The highest BCUT2D eigenvalue weighted by Crippen LogP contribution is 2.30. The van der Waals surface area contributed by atoms with Crippen LogP contribution in [0.3, 0.4) is 0 Å². The number of carbonyl (C=O) groups excluding carboxylic acids is 1. The van der Waals surface area contributed by atoms with Crippen LogP contribution in [0.1, 0.15) is 40.5 Å². The zero-order chi connectivity index (χ0) is 11.0. The van der Waals surface area contributed by atoms with Crippen molar-refractivity contribution in [3.63, 3.8) is 0 Å². The van der Waals surface area contributed by atoms with Crippen molar-refractivity contribution in [2.75, 3.05) is 13.1 Å². The van der Waals surface area contributed by atoms with Crippen LogP contribution in [-0.2, 0) is 4.79 Å². The average molecular weight is 199 g/mol. The van der Waals surface area contributed by atoms with E-state index in [0.717, 1.165) is 19.5 Å². The third kappa shape index (κ3) is 2.27. The first-order chi connectivity index (χ1) is 6.28. The molecule has 1 N–H and O–H groups in total. The molecule has 14 heavy (non-hydrogen) atoms. The minimum Gasteiger partial charge on any atom is -0.380 e. The van der Waals surface area contributed by atoms with E-state index >= 15 is 0 Å². The quantitative estimate of drug-likeness (QED) is 0.730. The predicted molar refractivity (Wildman–Crippen MR) is 55.9 cm³/mol. The van der Waals surface area contributed by atoms with Gasteiger partial charge in [-0.15, -0.1) is 0 Å². The van der Waals surface area contributed by atoms with Gasteiger partial charge in [-0.25, -0.2) is 0 Å². The van der Waals surface area contributed by atoms with Gasteiger partial charge in [0.2, 0.25) is 0 Å². The standard InChI is InChI=1S/C11H21NO2/c1-5-11(4,14)9(13)12-7-6-10(2,3)8-12/h14H,5-8H2,1-4H3. The Morgan fingerprint density at radius 3 is 2.50 bits per heavy atom. The first kappa shape index (κ1) is 11.5. The molecule has 0 bridgehead atoms. The largest absolute Gasteiger partial charge is 0.380 e. The maximum Gasteiger partial charge on any atom is 0.254 e. The number of likely N-dealkylation sites (tertiary alicyclic amines) is 1. The summed E-state index contributed by atoms with van der Waals surface area (Å²) in [4.78, 5) is 13.6. The Morgan fingerprint density at radius 1 is 1.57 bits per heavy atom. The van der Waals surface area contributed by atoms with E-state index in [1.54, 1.807) is 11.8 Å². The summed E-state index contributed by atoms with van der Waals surface area (Å²) < 4.78 is 0. The molecule has 0 radical (unpaired) electrons. The summed E-state index contributed by atoms with van der Waals surface area (Å²) in [6.45, 7) is 9.28. The average Bonchev–Trinajstić information content (AvgIpc) is 2.44. The van der Waals surface area contributed by atoms with E-state index in [-0.39, 0.29) is 11.3 Å². The Bertz CT molecular complexity index is 233. The third-order valence-corrected chi connectivity index (χ3v) is 3.11. The molecule has 0 aliphatic carbocycles. The molecule has 1 heterocycles. The highest BCUT2D eigenvalue weighted by Gasteiger charge is 2.38. The van der Waals surface area contributed by atoms with Crippen LogP contribution in [0.15, 0.2) is 0 Å². The van der Waals surface area contributed by atoms with Gasteiger partial charge < -0.3 is 10.0 Å². The van der Waals surface area contributed by atoms with Crippen molar-refractivity contribution in [3.05, 3.63) is 0 Å². The van der Waals surface area contributed by atoms with Crippen molar-refractivity contribution < 1.29 is 9.90 Å². The normalized spacial score (nSPS) is 24.8. The van der Waals surface area contributed by atoms with Crippen LogP contribution in [-0.4, -0.2) is 34.6 Å². The smallest absolute Gasteiger partial charge is 0.254 e. The summed E-state index contributed by atoms with van der Waals surface area (Å²) in [5, 5.41) is 9.83. The minimum absolute atomic E-state index is 0.120. The second kappa shape index (κ2) is 3.54. The molecule has 1 amide bonds. The van der Waals surface area contributed by atoms with Crippen molar-refractivity contribution in [1.29, 1.82) is 0 Å². The van der Waals surface area contributed by atoms with Crippen LogP contribution in [0.2, 0.25) is 0 Å². The Morgan fingerprint density at radius 2 is 2.14 bits per heavy atom. The summed E-state index contributed by atoms with van der Waals surface area (Å²) in [6, 6.07) is 0. The molecule has 1 aliphatic rings. The summed E-state index contributed by atoms with van der Waals surface area (Å²) in [5.74, 6) is -0.120. The molecule has 1 rings (SSSR count). The number of carbonyl (C=O) groups is 1. The van der Waals surface area contributed by atoms with Gasteiger partial charge >= 0.3 is 0 Å². The van der Waals surface area contributed by atoms with E-state index < -0.39 is 5.60 Å². The maximum absolute atomic E-state index is 11.9. The molecule has 0 aromatic carbocycles. The van der Waals surface area contributed by atoms with Gasteiger partial charge in [0, 0.05) is 13.1 Å². The molecule has 1 unspecified atom stereocenters. The number of amides is 1. The maximum atomic E-state index is 11.9. The lowest BCUT2D eigenvalue weighted by atomic mass is 9.93. The lowest BCUT2D eigenvalue weighted by Gasteiger charge is -2.28. The Kier molecular flexibility index (Phi) is 2.91. The van der Waals surface area contributed by atoms with Gasteiger partial charge in [0.25, 0.3) is 5.91 Å². The van der Waals surface area contributed by atoms with Crippen LogP contribution >= 0.6 is 0 Å². The van der Waals surface area contributed by atoms with E-state index in [1.807, 2.05) is 6.92 Å². The van der Waals surface area contributed by atoms with Crippen molar-refractivity contribution in [3.8, 4) is 0 Å². The van der Waals surface area contributed by atoms with Crippen LogP contribution < -0.4 is 0 Å². The molecule has 1 fully saturated rings. The lowest BCUT2D eigenvalue weighted by Crippen LogP contribution is -2.46. The first-order valence-electron chi connectivity index (χ1n) is 5.30. The highest BCUT2D eigenvalue weighted by molar-refractivity contribution is 5.84. The summed E-state index contributed by atoms with van der Waals surface area (Å²) in [7, 11) is 0. The fourth-order valence-corrected chi connectivity index (χ4v) is 1.78. The topological polar surface area (TPSA) is 40.5 Å². The molecule has 82 valence electrons. The Hall–Kier alpha value is -0.570. The highest BCUT2D eigenvalue weighted by atomic mass is 16.3. The molecule has 3 nitrogen and oxygen atoms in total. The van der Waals surface area contributed by atoms with E-state index in [9.17, 15) is 9.90 Å². The van der Waals surface area contributed by atoms with Crippen LogP contribution in [0.4, 0.5) is 0 Å². The molecular formula is C11H21NO2. The van der Waals surface area contributed by atoms with E-state index in [4.69, 9.17) is 0 Å². The zero-order valence-electron chi connectivity index (χ0n) is 9.63. The number of hydrogen-bond donors (Lipinski definition) is 1. The summed E-state index contributed by atoms with van der Waals surface area (Å²) in [5.41, 5.74) is -0.972. The second-order valence-electron chi connectivity index (χ2n) is 5.27. The molecule has 0 saturated carbocycles. The molecule has 0 spiro atoms. The molecular weight excluding hydrogens is 178 g/mol. The zero-order valence-corrected chi connectivity index (χ0v) is 9.63. The third-order valence-electron chi connectivity index (χ3n) is 3.11. The van der Waals surface area contributed by atoms with Crippen LogP contribution in [0.25, 0.3) is 0 Å². The summed E-state index contributed by atoms with van der Waals surface area (Å²) in [6.07, 6.45) is 1.50. The van der Waals surface area contributed by atoms with Crippen molar-refractivity contribution in [2.45, 2.75) is 46.1 Å². The molecule has 1 aliphatic heterocycles. The number of rotatable bonds is 2. The molecule has 1 atom stereocenters. The molecule has 0 aromatic heterocycles. The Labute approximate surface area is 86.1 Å². The SMILES string of the molecule is CCC(C)(O)C(=O)N1CCC(C)(C)C1. The van der Waals surface area contributed by atoms with Gasteiger partial charge in [0.1, 0.15) is 5.60 Å². The van der Waals surface area contributed by atoms with Crippen LogP contribution in [0.5, 0.6) is 0 Å². The van der Waals surface area contributed by atoms with Gasteiger partial charge in [-0.1, -0.05) is 20.8 Å². The lowest BCUT2D eigenvalue weighted by molar-refractivity contribution is -0.149. The van der Waals surface area contributed by atoms with Gasteiger partial charge in [0.05, 0.1) is 0 Å². The number of hydrogen-bond acceptors (Lipinski definition) is 2. The number of nitrogens with zero attached hydrogens (tertiary/aromatic N) is 1. The van der Waals surface area contributed by atoms with Crippen molar-refractivity contribution >= 4 is 5.91 Å². The molecule has 0 aromatic rings. The fourth-order valence-electron chi connectivity index (χ4n) is 1.78. The minimum atomic E-state index is -1.18. The Balaban J connectivity index is 2.65. The monoisotopic (exact) mass is 199 g/mol.